The zero-order chi connectivity index (χ0) is 22.3. The molecule has 2 N–H and O–H groups in total. The number of benzene rings is 3. The second kappa shape index (κ2) is 10.1. The van der Waals surface area contributed by atoms with Crippen LogP contribution in [0, 0.1) is 0 Å². The number of H-pyrrole nitrogens is 1. The van der Waals surface area contributed by atoms with E-state index in [4.69, 9.17) is 4.74 Å². The molecule has 0 aliphatic heterocycles. The Bertz CT molecular complexity index is 1230. The molecule has 0 radical (unpaired) electrons. The number of nitrogens with zero attached hydrogens (tertiary/aromatic N) is 2. The third kappa shape index (κ3) is 5.50. The molecule has 4 aromatic rings. The molecular formula is C25H21BrN4O2. The Balaban J connectivity index is 1.41. The fraction of sp³-hybridized carbons (Fsp3) is 0.0800. The van der Waals surface area contributed by atoms with E-state index in [9.17, 15) is 4.79 Å². The molecule has 4 rings (SSSR count). The van der Waals surface area contributed by atoms with Gasteiger partial charge in [0.2, 0.25) is 0 Å². The maximum atomic E-state index is 12.5. The second-order valence-electron chi connectivity index (χ2n) is 7.11. The molecule has 0 aliphatic carbocycles. The van der Waals surface area contributed by atoms with Gasteiger partial charge in [-0.05, 0) is 48.4 Å². The van der Waals surface area contributed by atoms with Gasteiger partial charge in [-0.1, -0.05) is 70.5 Å². The molecule has 0 saturated carbocycles. The lowest BCUT2D eigenvalue weighted by Crippen LogP contribution is -2.19. The maximum absolute atomic E-state index is 12.5. The number of aromatic nitrogens is 2. The molecule has 0 aliphatic rings. The Hall–Kier alpha value is -3.71. The first-order valence-corrected chi connectivity index (χ1v) is 10.8. The van der Waals surface area contributed by atoms with Crippen LogP contribution in [0.25, 0.3) is 11.3 Å². The van der Waals surface area contributed by atoms with Crippen molar-refractivity contribution in [3.05, 3.63) is 106 Å². The third-order valence-corrected chi connectivity index (χ3v) is 5.32. The van der Waals surface area contributed by atoms with Crippen LogP contribution in [-0.2, 0) is 6.61 Å². The van der Waals surface area contributed by atoms with E-state index in [0.717, 1.165) is 26.9 Å². The third-order valence-electron chi connectivity index (χ3n) is 4.79. The van der Waals surface area contributed by atoms with Crippen molar-refractivity contribution in [1.29, 1.82) is 0 Å². The highest BCUT2D eigenvalue weighted by molar-refractivity contribution is 9.10. The molecule has 0 bridgehead atoms. The van der Waals surface area contributed by atoms with Gasteiger partial charge in [-0.2, -0.15) is 10.2 Å². The van der Waals surface area contributed by atoms with Gasteiger partial charge in [-0.3, -0.25) is 9.89 Å². The van der Waals surface area contributed by atoms with Crippen LogP contribution in [0.5, 0.6) is 5.75 Å². The lowest BCUT2D eigenvalue weighted by molar-refractivity contribution is 0.0950. The number of amides is 1. The minimum Gasteiger partial charge on any atom is -0.489 e. The van der Waals surface area contributed by atoms with E-state index < -0.39 is 0 Å². The molecule has 0 atom stereocenters. The minimum atomic E-state index is -0.364. The molecule has 1 amide bonds. The molecule has 0 fully saturated rings. The van der Waals surface area contributed by atoms with Crippen LogP contribution in [0.15, 0.2) is 94.5 Å². The normalized spacial score (nSPS) is 11.2. The molecule has 32 heavy (non-hydrogen) atoms. The van der Waals surface area contributed by atoms with Crippen molar-refractivity contribution < 1.29 is 9.53 Å². The van der Waals surface area contributed by atoms with Crippen LogP contribution in [0.2, 0.25) is 0 Å². The van der Waals surface area contributed by atoms with E-state index in [1.54, 1.807) is 6.07 Å². The van der Waals surface area contributed by atoms with Gasteiger partial charge >= 0.3 is 0 Å². The van der Waals surface area contributed by atoms with Gasteiger partial charge in [0.15, 0.2) is 0 Å². The molecule has 7 heteroatoms. The number of carbonyl (C=O) groups is 1. The first kappa shape index (κ1) is 21.5. The predicted molar refractivity (Wildman–Crippen MR) is 129 cm³/mol. The summed E-state index contributed by atoms with van der Waals surface area (Å²) in [5.41, 5.74) is 7.10. The Labute approximate surface area is 194 Å². The number of hydrazone groups is 1. The number of carbonyl (C=O) groups excluding carboxylic acids is 1. The van der Waals surface area contributed by atoms with Gasteiger partial charge in [0, 0.05) is 10.0 Å². The zero-order valence-electron chi connectivity index (χ0n) is 17.4. The highest BCUT2D eigenvalue weighted by Crippen LogP contribution is 2.23. The van der Waals surface area contributed by atoms with Crippen molar-refractivity contribution in [2.75, 3.05) is 0 Å². The highest BCUT2D eigenvalue weighted by Gasteiger charge is 2.11. The number of rotatable bonds is 7. The molecule has 1 heterocycles. The second-order valence-corrected chi connectivity index (χ2v) is 8.03. The van der Waals surface area contributed by atoms with E-state index in [-0.39, 0.29) is 5.91 Å². The van der Waals surface area contributed by atoms with Crippen LogP contribution in [0.4, 0.5) is 0 Å². The Morgan fingerprint density at radius 3 is 2.59 bits per heavy atom. The average molecular weight is 489 g/mol. The summed E-state index contributed by atoms with van der Waals surface area (Å²) in [6.45, 7) is 2.32. The van der Waals surface area contributed by atoms with Crippen molar-refractivity contribution in [3.8, 4) is 17.0 Å². The highest BCUT2D eigenvalue weighted by atomic mass is 79.9. The van der Waals surface area contributed by atoms with Crippen LogP contribution < -0.4 is 10.2 Å². The van der Waals surface area contributed by atoms with Gasteiger partial charge in [-0.15, -0.1) is 0 Å². The molecule has 0 spiro atoms. The smallest absolute Gasteiger partial charge is 0.289 e. The van der Waals surface area contributed by atoms with Crippen molar-refractivity contribution in [2.24, 2.45) is 5.10 Å². The molecule has 160 valence electrons. The van der Waals surface area contributed by atoms with Gasteiger partial charge in [-0.25, -0.2) is 5.43 Å². The number of nitrogens with one attached hydrogen (secondary N) is 2. The Kier molecular flexibility index (Phi) is 6.77. The summed E-state index contributed by atoms with van der Waals surface area (Å²) in [6.07, 6.45) is 0. The molecule has 1 aromatic heterocycles. The fourth-order valence-corrected chi connectivity index (χ4v) is 3.29. The summed E-state index contributed by atoms with van der Waals surface area (Å²) in [7, 11) is 0. The quantitative estimate of drug-likeness (QED) is 0.263. The number of aromatic amines is 1. The molecule has 0 unspecified atom stereocenters. The lowest BCUT2D eigenvalue weighted by Gasteiger charge is -2.07. The van der Waals surface area contributed by atoms with Crippen LogP contribution in [-0.4, -0.2) is 21.8 Å². The molecular weight excluding hydrogens is 468 g/mol. The number of halogens is 1. The van der Waals surface area contributed by atoms with Crippen molar-refractivity contribution >= 4 is 27.5 Å². The van der Waals surface area contributed by atoms with Gasteiger partial charge in [0.05, 0.1) is 11.4 Å². The first-order chi connectivity index (χ1) is 15.6. The van der Waals surface area contributed by atoms with Gasteiger partial charge < -0.3 is 4.74 Å². The minimum absolute atomic E-state index is 0.322. The monoisotopic (exact) mass is 488 g/mol. The van der Waals surface area contributed by atoms with Crippen molar-refractivity contribution in [3.63, 3.8) is 0 Å². The average Bonchev–Trinajstić information content (AvgIpc) is 3.33. The molecule has 3 aromatic carbocycles. The van der Waals surface area contributed by atoms with Crippen LogP contribution in [0.3, 0.4) is 0 Å². The zero-order valence-corrected chi connectivity index (χ0v) is 19.0. The number of hydrogen-bond acceptors (Lipinski definition) is 4. The summed E-state index contributed by atoms with van der Waals surface area (Å²) in [6, 6.07) is 27.0. The van der Waals surface area contributed by atoms with Crippen LogP contribution in [0.1, 0.15) is 28.5 Å². The molecule has 6 nitrogen and oxygen atoms in total. The number of ether oxygens (including phenoxy) is 1. The predicted octanol–water partition coefficient (Wildman–Crippen LogP) is 5.57. The summed E-state index contributed by atoms with van der Waals surface area (Å²) in [5, 5.41) is 11.2. The van der Waals surface area contributed by atoms with E-state index in [1.807, 2.05) is 85.8 Å². The summed E-state index contributed by atoms with van der Waals surface area (Å²) < 4.78 is 6.87. The van der Waals surface area contributed by atoms with Crippen molar-refractivity contribution in [2.45, 2.75) is 13.5 Å². The summed E-state index contributed by atoms with van der Waals surface area (Å²) >= 11 is 3.40. The summed E-state index contributed by atoms with van der Waals surface area (Å²) in [4.78, 5) is 12.5. The SMILES string of the molecule is CC(=NNC(=O)c1cc(-c2cccc(OCc3ccccc3)c2)n[nH]1)c1ccc(Br)cc1. The first-order valence-electron chi connectivity index (χ1n) is 10.0. The molecule has 0 saturated heterocycles. The van der Waals surface area contributed by atoms with Gasteiger partial charge in [0.25, 0.3) is 5.91 Å². The van der Waals surface area contributed by atoms with E-state index in [0.29, 0.717) is 23.7 Å². The largest absolute Gasteiger partial charge is 0.489 e. The lowest BCUT2D eigenvalue weighted by atomic mass is 10.1. The standard InChI is InChI=1S/C25H21BrN4O2/c1-17(19-10-12-21(26)13-11-19)27-30-25(31)24-15-23(28-29-24)20-8-5-9-22(14-20)32-16-18-6-3-2-4-7-18/h2-15H,16H2,1H3,(H,28,29)(H,30,31). The Morgan fingerprint density at radius 2 is 1.81 bits per heavy atom. The van der Waals surface area contributed by atoms with Gasteiger partial charge in [0.1, 0.15) is 18.1 Å². The van der Waals surface area contributed by atoms with E-state index in [1.165, 1.54) is 0 Å². The topological polar surface area (TPSA) is 79.4 Å². The van der Waals surface area contributed by atoms with E-state index in [2.05, 4.69) is 36.7 Å². The maximum Gasteiger partial charge on any atom is 0.289 e. The van der Waals surface area contributed by atoms with Crippen LogP contribution >= 0.6 is 15.9 Å². The number of hydrogen-bond donors (Lipinski definition) is 2. The van der Waals surface area contributed by atoms with E-state index >= 15 is 0 Å². The Morgan fingerprint density at radius 1 is 1.03 bits per heavy atom. The summed E-state index contributed by atoms with van der Waals surface area (Å²) in [5.74, 6) is 0.367. The van der Waals surface area contributed by atoms with Crippen molar-refractivity contribution in [1.82, 2.24) is 15.6 Å². The fourth-order valence-electron chi connectivity index (χ4n) is 3.02.